The Labute approximate surface area is 120 Å². The predicted octanol–water partition coefficient (Wildman–Crippen LogP) is -0.415. The van der Waals surface area contributed by atoms with Crippen molar-refractivity contribution in [2.24, 2.45) is 0 Å². The quantitative estimate of drug-likeness (QED) is 0.686. The van der Waals surface area contributed by atoms with E-state index >= 15 is 0 Å². The van der Waals surface area contributed by atoms with Gasteiger partial charge in [-0.2, -0.15) is 14.6 Å². The first-order valence-corrected chi connectivity index (χ1v) is 6.11. The molecule has 2 aromatic heterocycles. The van der Waals surface area contributed by atoms with Crippen LogP contribution in [-0.4, -0.2) is 58.8 Å². The standard InChI is InChI=1S/C12H15N5O4/c1-8-4-9(17-12(15-8)13-7-14-17)16(5-10(18)20-2)6-11(19)21-3/h4,7H,5-6H2,1-3H3. The van der Waals surface area contributed by atoms with Crippen molar-refractivity contribution >= 4 is 23.5 Å². The third kappa shape index (κ3) is 3.25. The topological polar surface area (TPSA) is 98.9 Å². The highest BCUT2D eigenvalue weighted by Gasteiger charge is 2.20. The summed E-state index contributed by atoms with van der Waals surface area (Å²) in [6.45, 7) is 1.54. The molecule has 0 aromatic carbocycles. The van der Waals surface area contributed by atoms with Crippen LogP contribution in [0.15, 0.2) is 12.4 Å². The largest absolute Gasteiger partial charge is 0.468 e. The number of hydrogen-bond acceptors (Lipinski definition) is 8. The minimum absolute atomic E-state index is 0.121. The summed E-state index contributed by atoms with van der Waals surface area (Å²) in [6, 6.07) is 1.70. The molecule has 0 amide bonds. The van der Waals surface area contributed by atoms with Crippen LogP contribution in [0, 0.1) is 6.92 Å². The molecule has 0 unspecified atom stereocenters. The molecule has 0 aliphatic rings. The van der Waals surface area contributed by atoms with Crippen molar-refractivity contribution in [3.63, 3.8) is 0 Å². The first kappa shape index (κ1) is 14.7. The monoisotopic (exact) mass is 293 g/mol. The van der Waals surface area contributed by atoms with Gasteiger partial charge in [0.05, 0.1) is 14.2 Å². The van der Waals surface area contributed by atoms with Gasteiger partial charge in [0.1, 0.15) is 25.2 Å². The fraction of sp³-hybridized carbons (Fsp3) is 0.417. The predicted molar refractivity (Wildman–Crippen MR) is 71.8 cm³/mol. The molecule has 0 aliphatic heterocycles. The third-order valence-electron chi connectivity index (χ3n) is 2.78. The Morgan fingerprint density at radius 3 is 2.43 bits per heavy atom. The lowest BCUT2D eigenvalue weighted by Gasteiger charge is -2.22. The van der Waals surface area contributed by atoms with Crippen molar-refractivity contribution in [3.05, 3.63) is 18.1 Å². The molecule has 0 bridgehead atoms. The lowest BCUT2D eigenvalue weighted by atomic mass is 10.3. The maximum atomic E-state index is 11.5. The first-order valence-electron chi connectivity index (χ1n) is 6.11. The third-order valence-corrected chi connectivity index (χ3v) is 2.78. The molecule has 9 nitrogen and oxygen atoms in total. The Balaban J connectivity index is 2.43. The molecule has 2 rings (SSSR count). The Kier molecular flexibility index (Phi) is 4.31. The van der Waals surface area contributed by atoms with Crippen LogP contribution in [0.3, 0.4) is 0 Å². The summed E-state index contributed by atoms with van der Waals surface area (Å²) in [5.41, 5.74) is 0.685. The number of aryl methyl sites for hydroxylation is 1. The van der Waals surface area contributed by atoms with Crippen LogP contribution in [0.25, 0.3) is 5.78 Å². The first-order chi connectivity index (χ1) is 10.0. The van der Waals surface area contributed by atoms with Crippen LogP contribution in [0.4, 0.5) is 5.82 Å². The van der Waals surface area contributed by atoms with E-state index < -0.39 is 11.9 Å². The summed E-state index contributed by atoms with van der Waals surface area (Å²) in [6.07, 6.45) is 1.35. The number of rotatable bonds is 5. The van der Waals surface area contributed by atoms with Crippen molar-refractivity contribution in [1.82, 2.24) is 19.6 Å². The molecular weight excluding hydrogens is 278 g/mol. The van der Waals surface area contributed by atoms with Crippen molar-refractivity contribution in [2.45, 2.75) is 6.92 Å². The zero-order valence-electron chi connectivity index (χ0n) is 11.9. The van der Waals surface area contributed by atoms with E-state index in [1.165, 1.54) is 30.0 Å². The average Bonchev–Trinajstić information content (AvgIpc) is 2.93. The van der Waals surface area contributed by atoms with Crippen LogP contribution in [0.2, 0.25) is 0 Å². The number of carbonyl (C=O) groups is 2. The summed E-state index contributed by atoms with van der Waals surface area (Å²) >= 11 is 0. The maximum absolute atomic E-state index is 11.5. The molecular formula is C12H15N5O4. The van der Waals surface area contributed by atoms with E-state index in [2.05, 4.69) is 24.5 Å². The zero-order chi connectivity index (χ0) is 15.4. The van der Waals surface area contributed by atoms with Gasteiger partial charge in [-0.25, -0.2) is 4.98 Å². The number of carbonyl (C=O) groups excluding carboxylic acids is 2. The Hall–Kier alpha value is -2.71. The summed E-state index contributed by atoms with van der Waals surface area (Å²) in [4.78, 5) is 32.8. The molecule has 2 heterocycles. The van der Waals surface area contributed by atoms with Gasteiger partial charge in [0.2, 0.25) is 0 Å². The van der Waals surface area contributed by atoms with E-state index in [9.17, 15) is 9.59 Å². The number of anilines is 1. The van der Waals surface area contributed by atoms with E-state index in [4.69, 9.17) is 0 Å². The van der Waals surface area contributed by atoms with E-state index in [1.807, 2.05) is 0 Å². The van der Waals surface area contributed by atoms with Gasteiger partial charge in [0.25, 0.3) is 5.78 Å². The van der Waals surface area contributed by atoms with Gasteiger partial charge in [-0.05, 0) is 6.92 Å². The second-order valence-corrected chi connectivity index (χ2v) is 4.24. The van der Waals surface area contributed by atoms with Crippen LogP contribution in [-0.2, 0) is 19.1 Å². The molecule has 0 saturated heterocycles. The lowest BCUT2D eigenvalue weighted by molar-refractivity contribution is -0.140. The second-order valence-electron chi connectivity index (χ2n) is 4.24. The van der Waals surface area contributed by atoms with Gasteiger partial charge in [-0.1, -0.05) is 0 Å². The second kappa shape index (κ2) is 6.16. The van der Waals surface area contributed by atoms with Gasteiger partial charge < -0.3 is 14.4 Å². The van der Waals surface area contributed by atoms with Crippen molar-refractivity contribution in [2.75, 3.05) is 32.2 Å². The number of hydrogen-bond donors (Lipinski definition) is 0. The highest BCUT2D eigenvalue weighted by Crippen LogP contribution is 2.16. The highest BCUT2D eigenvalue weighted by atomic mass is 16.5. The van der Waals surface area contributed by atoms with Crippen molar-refractivity contribution in [1.29, 1.82) is 0 Å². The molecule has 21 heavy (non-hydrogen) atoms. The van der Waals surface area contributed by atoms with Crippen LogP contribution in [0.1, 0.15) is 5.69 Å². The molecule has 9 heteroatoms. The van der Waals surface area contributed by atoms with Gasteiger partial charge in [-0.3, -0.25) is 9.59 Å². The average molecular weight is 293 g/mol. The minimum atomic E-state index is -0.485. The number of methoxy groups -OCH3 is 2. The fourth-order valence-electron chi connectivity index (χ4n) is 1.80. The number of nitrogens with zero attached hydrogens (tertiary/aromatic N) is 5. The Morgan fingerprint density at radius 1 is 1.24 bits per heavy atom. The number of ether oxygens (including phenoxy) is 2. The Bertz CT molecular complexity index is 651. The summed E-state index contributed by atoms with van der Waals surface area (Å²) in [5, 5.41) is 4.04. The van der Waals surface area contributed by atoms with E-state index in [1.54, 1.807) is 13.0 Å². The molecule has 0 spiro atoms. The van der Waals surface area contributed by atoms with Gasteiger partial charge in [-0.15, -0.1) is 0 Å². The molecule has 2 aromatic rings. The van der Waals surface area contributed by atoms with Gasteiger partial charge in [0, 0.05) is 11.8 Å². The molecule has 112 valence electrons. The van der Waals surface area contributed by atoms with Crippen LogP contribution < -0.4 is 4.90 Å². The highest BCUT2D eigenvalue weighted by molar-refractivity contribution is 5.80. The smallest absolute Gasteiger partial charge is 0.325 e. The van der Waals surface area contributed by atoms with Gasteiger partial charge >= 0.3 is 11.9 Å². The van der Waals surface area contributed by atoms with Crippen molar-refractivity contribution < 1.29 is 19.1 Å². The van der Waals surface area contributed by atoms with E-state index in [-0.39, 0.29) is 13.1 Å². The van der Waals surface area contributed by atoms with Gasteiger partial charge in [0.15, 0.2) is 0 Å². The molecule has 0 N–H and O–H groups in total. The van der Waals surface area contributed by atoms with Crippen LogP contribution in [0.5, 0.6) is 0 Å². The molecule has 0 saturated carbocycles. The normalized spacial score (nSPS) is 10.4. The molecule has 0 aliphatic carbocycles. The zero-order valence-corrected chi connectivity index (χ0v) is 11.9. The van der Waals surface area contributed by atoms with Crippen molar-refractivity contribution in [3.8, 4) is 0 Å². The number of esters is 2. The van der Waals surface area contributed by atoms with Crippen LogP contribution >= 0.6 is 0 Å². The molecule has 0 fully saturated rings. The molecule has 0 atom stereocenters. The summed E-state index contributed by atoms with van der Waals surface area (Å²) in [5.74, 6) is -0.0844. The molecule has 0 radical (unpaired) electrons. The fourth-order valence-corrected chi connectivity index (χ4v) is 1.80. The number of fused-ring (bicyclic) bond motifs is 1. The SMILES string of the molecule is COC(=O)CN(CC(=O)OC)c1cc(C)nc2ncnn12. The lowest BCUT2D eigenvalue weighted by Crippen LogP contribution is -2.37. The van der Waals surface area contributed by atoms with E-state index in [0.717, 1.165) is 0 Å². The minimum Gasteiger partial charge on any atom is -0.468 e. The number of aromatic nitrogens is 4. The van der Waals surface area contributed by atoms with E-state index in [0.29, 0.717) is 17.3 Å². The maximum Gasteiger partial charge on any atom is 0.325 e. The Morgan fingerprint density at radius 2 is 1.86 bits per heavy atom. The summed E-state index contributed by atoms with van der Waals surface area (Å²) in [7, 11) is 2.56. The summed E-state index contributed by atoms with van der Waals surface area (Å²) < 4.78 is 10.7.